The quantitative estimate of drug-likeness (QED) is 0.638. The zero-order valence-electron chi connectivity index (χ0n) is 5.60. The molecule has 1 aliphatic heterocycles. The van der Waals surface area contributed by atoms with Crippen LogP contribution in [-0.4, -0.2) is 23.6 Å². The van der Waals surface area contributed by atoms with E-state index in [1.807, 2.05) is 0 Å². The highest BCUT2D eigenvalue weighted by atomic mass is 32.2. The van der Waals surface area contributed by atoms with E-state index >= 15 is 0 Å². The molecule has 0 amide bonds. The topological polar surface area (TPSA) is 12.0 Å². The Kier molecular flexibility index (Phi) is 1.68. The standard InChI is InChI=1S/C7H13NS/c1-2-7(1)9-5-6-3-4-8-6/h6-8H,1-5H2. The van der Waals surface area contributed by atoms with Gasteiger partial charge < -0.3 is 5.32 Å². The van der Waals surface area contributed by atoms with Crippen LogP contribution in [0.4, 0.5) is 0 Å². The molecular formula is C7H13NS. The van der Waals surface area contributed by atoms with Crippen LogP contribution < -0.4 is 5.32 Å². The molecule has 1 unspecified atom stereocenters. The van der Waals surface area contributed by atoms with E-state index in [0.29, 0.717) is 0 Å². The maximum atomic E-state index is 3.41. The second-order valence-electron chi connectivity index (χ2n) is 2.97. The monoisotopic (exact) mass is 143 g/mol. The minimum Gasteiger partial charge on any atom is -0.313 e. The summed E-state index contributed by atoms with van der Waals surface area (Å²) < 4.78 is 0. The lowest BCUT2D eigenvalue weighted by atomic mass is 10.1. The normalized spacial score (nSPS) is 34.0. The third kappa shape index (κ3) is 1.62. The SMILES string of the molecule is C1CC(CSC2CC2)N1. The summed E-state index contributed by atoms with van der Waals surface area (Å²) in [5, 5.41) is 4.46. The summed E-state index contributed by atoms with van der Waals surface area (Å²) in [4.78, 5) is 0. The van der Waals surface area contributed by atoms with Gasteiger partial charge in [-0.25, -0.2) is 0 Å². The Bertz CT molecular complexity index is 97.1. The molecule has 2 fully saturated rings. The van der Waals surface area contributed by atoms with Crippen molar-refractivity contribution >= 4 is 11.8 Å². The molecular weight excluding hydrogens is 130 g/mol. The first-order valence-electron chi connectivity index (χ1n) is 3.80. The molecule has 52 valence electrons. The van der Waals surface area contributed by atoms with Gasteiger partial charge in [0.25, 0.3) is 0 Å². The van der Waals surface area contributed by atoms with Gasteiger partial charge in [0, 0.05) is 17.0 Å². The molecule has 2 rings (SSSR count). The first kappa shape index (κ1) is 6.05. The van der Waals surface area contributed by atoms with Crippen LogP contribution in [0.3, 0.4) is 0 Å². The van der Waals surface area contributed by atoms with E-state index in [-0.39, 0.29) is 0 Å². The third-order valence-corrected chi connectivity index (χ3v) is 3.52. The Morgan fingerprint density at radius 2 is 2.11 bits per heavy atom. The number of rotatable bonds is 3. The molecule has 0 aromatic carbocycles. The molecule has 0 aromatic rings. The van der Waals surface area contributed by atoms with Gasteiger partial charge in [0.15, 0.2) is 0 Å². The van der Waals surface area contributed by atoms with Crippen LogP contribution in [-0.2, 0) is 0 Å². The van der Waals surface area contributed by atoms with Crippen molar-refractivity contribution in [2.24, 2.45) is 0 Å². The highest BCUT2D eigenvalue weighted by Gasteiger charge is 2.24. The molecule has 1 saturated heterocycles. The number of hydrogen-bond donors (Lipinski definition) is 1. The minimum absolute atomic E-state index is 0.871. The van der Waals surface area contributed by atoms with E-state index in [4.69, 9.17) is 0 Å². The number of hydrogen-bond acceptors (Lipinski definition) is 2. The first-order valence-corrected chi connectivity index (χ1v) is 4.85. The fourth-order valence-electron chi connectivity index (χ4n) is 0.978. The van der Waals surface area contributed by atoms with E-state index in [2.05, 4.69) is 17.1 Å². The van der Waals surface area contributed by atoms with Gasteiger partial charge in [-0.05, 0) is 25.8 Å². The molecule has 1 N–H and O–H groups in total. The van der Waals surface area contributed by atoms with Crippen LogP contribution in [0.1, 0.15) is 19.3 Å². The minimum atomic E-state index is 0.871. The average molecular weight is 143 g/mol. The Morgan fingerprint density at radius 1 is 1.33 bits per heavy atom. The molecule has 9 heavy (non-hydrogen) atoms. The average Bonchev–Trinajstić information content (AvgIpc) is 2.44. The lowest BCUT2D eigenvalue weighted by Gasteiger charge is -2.26. The highest BCUT2D eigenvalue weighted by molar-refractivity contribution is 8.00. The van der Waals surface area contributed by atoms with Crippen molar-refractivity contribution in [3.63, 3.8) is 0 Å². The largest absolute Gasteiger partial charge is 0.313 e. The Balaban J connectivity index is 1.55. The molecule has 1 heterocycles. The van der Waals surface area contributed by atoms with Crippen LogP contribution in [0.15, 0.2) is 0 Å². The summed E-state index contributed by atoms with van der Waals surface area (Å²) in [5.74, 6) is 1.37. The second kappa shape index (κ2) is 2.51. The summed E-state index contributed by atoms with van der Waals surface area (Å²) in [6.45, 7) is 1.26. The molecule has 1 saturated carbocycles. The van der Waals surface area contributed by atoms with Crippen LogP contribution in [0, 0.1) is 0 Å². The molecule has 0 spiro atoms. The molecule has 0 radical (unpaired) electrons. The number of nitrogens with one attached hydrogen (secondary N) is 1. The summed E-state index contributed by atoms with van der Waals surface area (Å²) >= 11 is 2.16. The molecule has 1 aliphatic carbocycles. The van der Waals surface area contributed by atoms with Crippen LogP contribution >= 0.6 is 11.8 Å². The van der Waals surface area contributed by atoms with Crippen molar-refractivity contribution < 1.29 is 0 Å². The second-order valence-corrected chi connectivity index (χ2v) is 4.31. The molecule has 1 nitrogen and oxygen atoms in total. The Morgan fingerprint density at radius 3 is 2.56 bits per heavy atom. The summed E-state index contributed by atoms with van der Waals surface area (Å²) in [5.41, 5.74) is 0. The van der Waals surface area contributed by atoms with Crippen molar-refractivity contribution in [3.8, 4) is 0 Å². The number of thioether (sulfide) groups is 1. The van der Waals surface area contributed by atoms with E-state index in [1.54, 1.807) is 0 Å². The van der Waals surface area contributed by atoms with E-state index in [9.17, 15) is 0 Å². The van der Waals surface area contributed by atoms with Gasteiger partial charge in [0.1, 0.15) is 0 Å². The Labute approximate surface area is 60.6 Å². The Hall–Kier alpha value is 0.310. The molecule has 2 heteroatoms. The van der Waals surface area contributed by atoms with E-state index in [0.717, 1.165) is 11.3 Å². The van der Waals surface area contributed by atoms with Crippen LogP contribution in [0.5, 0.6) is 0 Å². The van der Waals surface area contributed by atoms with Crippen molar-refractivity contribution in [1.29, 1.82) is 0 Å². The van der Waals surface area contributed by atoms with E-state index in [1.165, 1.54) is 31.6 Å². The third-order valence-electron chi connectivity index (χ3n) is 1.98. The van der Waals surface area contributed by atoms with Gasteiger partial charge in [-0.15, -0.1) is 0 Å². The fraction of sp³-hybridized carbons (Fsp3) is 1.00. The maximum absolute atomic E-state index is 3.41. The summed E-state index contributed by atoms with van der Waals surface area (Å²) in [7, 11) is 0. The van der Waals surface area contributed by atoms with Gasteiger partial charge in [0.05, 0.1) is 0 Å². The fourth-order valence-corrected chi connectivity index (χ4v) is 2.24. The zero-order chi connectivity index (χ0) is 6.10. The van der Waals surface area contributed by atoms with Gasteiger partial charge >= 0.3 is 0 Å². The van der Waals surface area contributed by atoms with Gasteiger partial charge in [-0.3, -0.25) is 0 Å². The van der Waals surface area contributed by atoms with Crippen molar-refractivity contribution in [3.05, 3.63) is 0 Å². The smallest absolute Gasteiger partial charge is 0.0170 e. The predicted molar refractivity (Wildman–Crippen MR) is 41.9 cm³/mol. The molecule has 2 aliphatic rings. The molecule has 0 bridgehead atoms. The van der Waals surface area contributed by atoms with E-state index < -0.39 is 0 Å². The maximum Gasteiger partial charge on any atom is 0.0170 e. The first-order chi connectivity index (χ1) is 4.45. The van der Waals surface area contributed by atoms with Crippen molar-refractivity contribution in [2.75, 3.05) is 12.3 Å². The lowest BCUT2D eigenvalue weighted by Crippen LogP contribution is -2.44. The lowest BCUT2D eigenvalue weighted by molar-refractivity contribution is 0.405. The highest BCUT2D eigenvalue weighted by Crippen LogP contribution is 2.34. The van der Waals surface area contributed by atoms with Crippen molar-refractivity contribution in [2.45, 2.75) is 30.6 Å². The van der Waals surface area contributed by atoms with Gasteiger partial charge in [-0.1, -0.05) is 0 Å². The van der Waals surface area contributed by atoms with Crippen molar-refractivity contribution in [1.82, 2.24) is 5.32 Å². The molecule has 1 atom stereocenters. The van der Waals surface area contributed by atoms with Crippen LogP contribution in [0.25, 0.3) is 0 Å². The van der Waals surface area contributed by atoms with Gasteiger partial charge in [0.2, 0.25) is 0 Å². The van der Waals surface area contributed by atoms with Gasteiger partial charge in [-0.2, -0.15) is 11.8 Å². The summed E-state index contributed by atoms with van der Waals surface area (Å²) in [6, 6.07) is 0.871. The summed E-state index contributed by atoms with van der Waals surface area (Å²) in [6.07, 6.45) is 4.38. The molecule has 0 aromatic heterocycles. The van der Waals surface area contributed by atoms with Crippen LogP contribution in [0.2, 0.25) is 0 Å². The zero-order valence-corrected chi connectivity index (χ0v) is 6.41. The predicted octanol–water partition coefficient (Wildman–Crippen LogP) is 1.24.